The molecular formula is C12H20ClN3O2S. The number of hydrogen-bond acceptors (Lipinski definition) is 3. The summed E-state index contributed by atoms with van der Waals surface area (Å²) in [5.41, 5.74) is 0. The number of nitrogens with zero attached hydrogens (tertiary/aromatic N) is 3. The molecule has 19 heavy (non-hydrogen) atoms. The first kappa shape index (κ1) is 14.8. The van der Waals surface area contributed by atoms with Gasteiger partial charge in [-0.3, -0.25) is 0 Å². The zero-order chi connectivity index (χ0) is 14.0. The Labute approximate surface area is 119 Å². The zero-order valence-electron chi connectivity index (χ0n) is 11.3. The largest absolute Gasteiger partial charge is 0.334 e. The van der Waals surface area contributed by atoms with Crippen LogP contribution in [0.3, 0.4) is 0 Å². The fraction of sp³-hybridized carbons (Fsp3) is 0.750. The van der Waals surface area contributed by atoms with E-state index >= 15 is 0 Å². The normalized spacial score (nSPS) is 18.9. The van der Waals surface area contributed by atoms with E-state index in [9.17, 15) is 8.42 Å². The van der Waals surface area contributed by atoms with E-state index in [1.807, 2.05) is 11.5 Å². The fourth-order valence-electron chi connectivity index (χ4n) is 2.27. The van der Waals surface area contributed by atoms with Crippen LogP contribution in [-0.2, 0) is 16.6 Å². The maximum absolute atomic E-state index is 12.5. The molecule has 1 aromatic rings. The lowest BCUT2D eigenvalue weighted by atomic mass is 10.2. The highest BCUT2D eigenvalue weighted by atomic mass is 35.5. The van der Waals surface area contributed by atoms with Gasteiger partial charge in [0.05, 0.1) is 0 Å². The highest BCUT2D eigenvalue weighted by Crippen LogP contribution is 2.22. The summed E-state index contributed by atoms with van der Waals surface area (Å²) >= 11 is 6.01. The van der Waals surface area contributed by atoms with Crippen molar-refractivity contribution in [3.05, 3.63) is 12.0 Å². The minimum Gasteiger partial charge on any atom is -0.334 e. The van der Waals surface area contributed by atoms with E-state index in [1.54, 1.807) is 6.20 Å². The van der Waals surface area contributed by atoms with E-state index in [4.69, 9.17) is 11.6 Å². The smallest absolute Gasteiger partial charge is 0.262 e. The molecule has 7 heteroatoms. The first-order chi connectivity index (χ1) is 8.95. The van der Waals surface area contributed by atoms with E-state index < -0.39 is 10.0 Å². The number of halogens is 1. The van der Waals surface area contributed by atoms with Gasteiger partial charge in [0, 0.05) is 31.2 Å². The number of aromatic nitrogens is 2. The average molecular weight is 306 g/mol. The summed E-state index contributed by atoms with van der Waals surface area (Å²) < 4.78 is 28.3. The average Bonchev–Trinajstić information content (AvgIpc) is 2.73. The lowest BCUT2D eigenvalue weighted by molar-refractivity contribution is 0.349. The Morgan fingerprint density at radius 3 is 2.63 bits per heavy atom. The van der Waals surface area contributed by atoms with Gasteiger partial charge in [-0.15, -0.1) is 11.6 Å². The van der Waals surface area contributed by atoms with Gasteiger partial charge in [-0.05, 0) is 26.2 Å². The quantitative estimate of drug-likeness (QED) is 0.799. The topological polar surface area (TPSA) is 55.2 Å². The SMILES string of the molecule is CCCn1cc(S(=O)(=O)N2CCC(Cl)CC2)nc1C. The predicted molar refractivity (Wildman–Crippen MR) is 74.9 cm³/mol. The Hall–Kier alpha value is -0.590. The number of rotatable bonds is 4. The minimum absolute atomic E-state index is 0.0887. The lowest BCUT2D eigenvalue weighted by Gasteiger charge is -2.27. The molecule has 0 saturated carbocycles. The molecule has 0 aromatic carbocycles. The van der Waals surface area contributed by atoms with Crippen molar-refractivity contribution >= 4 is 21.6 Å². The molecule has 2 heterocycles. The molecule has 1 fully saturated rings. The standard InChI is InChI=1S/C12H20ClN3O2S/c1-3-6-15-9-12(14-10(15)2)19(17,18)16-7-4-11(13)5-8-16/h9,11H,3-8H2,1-2H3. The maximum Gasteiger partial charge on any atom is 0.262 e. The molecule has 0 unspecified atom stereocenters. The summed E-state index contributed by atoms with van der Waals surface area (Å²) in [4.78, 5) is 4.20. The van der Waals surface area contributed by atoms with Gasteiger partial charge in [0.2, 0.25) is 0 Å². The molecule has 2 rings (SSSR count). The molecular weight excluding hydrogens is 286 g/mol. The summed E-state index contributed by atoms with van der Waals surface area (Å²) in [6.07, 6.45) is 4.00. The van der Waals surface area contributed by atoms with Gasteiger partial charge < -0.3 is 4.57 Å². The van der Waals surface area contributed by atoms with E-state index in [2.05, 4.69) is 11.9 Å². The third kappa shape index (κ3) is 3.12. The van der Waals surface area contributed by atoms with E-state index in [0.717, 1.165) is 18.8 Å². The molecule has 1 aliphatic rings. The van der Waals surface area contributed by atoms with Gasteiger partial charge in [-0.2, -0.15) is 4.31 Å². The summed E-state index contributed by atoms with van der Waals surface area (Å²) in [5.74, 6) is 0.743. The number of aryl methyl sites for hydroxylation is 2. The van der Waals surface area contributed by atoms with Crippen LogP contribution in [-0.4, -0.2) is 40.7 Å². The molecule has 1 aliphatic heterocycles. The van der Waals surface area contributed by atoms with Crippen LogP contribution in [0.4, 0.5) is 0 Å². The second kappa shape index (κ2) is 5.81. The van der Waals surface area contributed by atoms with Gasteiger partial charge in [-0.1, -0.05) is 6.92 Å². The first-order valence-electron chi connectivity index (χ1n) is 6.63. The highest BCUT2D eigenvalue weighted by molar-refractivity contribution is 7.89. The van der Waals surface area contributed by atoms with Crippen LogP contribution in [0.25, 0.3) is 0 Å². The van der Waals surface area contributed by atoms with Crippen molar-refractivity contribution in [2.75, 3.05) is 13.1 Å². The van der Waals surface area contributed by atoms with Gasteiger partial charge in [0.25, 0.3) is 10.0 Å². The monoisotopic (exact) mass is 305 g/mol. The summed E-state index contributed by atoms with van der Waals surface area (Å²) in [6, 6.07) is 0. The highest BCUT2D eigenvalue weighted by Gasteiger charge is 2.30. The summed E-state index contributed by atoms with van der Waals surface area (Å²) in [5, 5.41) is 0.248. The second-order valence-electron chi connectivity index (χ2n) is 4.90. The second-order valence-corrected chi connectivity index (χ2v) is 7.40. The Morgan fingerprint density at radius 1 is 1.42 bits per heavy atom. The Morgan fingerprint density at radius 2 is 2.05 bits per heavy atom. The maximum atomic E-state index is 12.5. The number of alkyl halides is 1. The molecule has 0 amide bonds. The summed E-state index contributed by atoms with van der Waals surface area (Å²) in [7, 11) is -3.46. The molecule has 1 saturated heterocycles. The van der Waals surface area contributed by atoms with Crippen molar-refractivity contribution in [1.82, 2.24) is 13.9 Å². The fourth-order valence-corrected chi connectivity index (χ4v) is 3.93. The van der Waals surface area contributed by atoms with Crippen LogP contribution in [0.5, 0.6) is 0 Å². The molecule has 5 nitrogen and oxygen atoms in total. The Balaban J connectivity index is 2.22. The van der Waals surface area contributed by atoms with E-state index in [1.165, 1.54) is 4.31 Å². The molecule has 0 spiro atoms. The Kier molecular flexibility index (Phi) is 4.53. The van der Waals surface area contributed by atoms with Crippen molar-refractivity contribution < 1.29 is 8.42 Å². The van der Waals surface area contributed by atoms with Crippen molar-refractivity contribution in [2.24, 2.45) is 0 Å². The molecule has 0 bridgehead atoms. The molecule has 1 aromatic heterocycles. The molecule has 0 N–H and O–H groups in total. The van der Waals surface area contributed by atoms with Gasteiger partial charge in [0.15, 0.2) is 5.03 Å². The minimum atomic E-state index is -3.46. The molecule has 0 aliphatic carbocycles. The zero-order valence-corrected chi connectivity index (χ0v) is 12.9. The van der Waals surface area contributed by atoms with Gasteiger partial charge >= 0.3 is 0 Å². The van der Waals surface area contributed by atoms with Gasteiger partial charge in [-0.25, -0.2) is 13.4 Å². The first-order valence-corrected chi connectivity index (χ1v) is 8.50. The van der Waals surface area contributed by atoms with Crippen LogP contribution >= 0.6 is 11.6 Å². The molecule has 0 atom stereocenters. The van der Waals surface area contributed by atoms with Crippen LogP contribution in [0.15, 0.2) is 11.2 Å². The lowest BCUT2D eigenvalue weighted by Crippen LogP contribution is -2.38. The van der Waals surface area contributed by atoms with E-state index in [-0.39, 0.29) is 10.4 Å². The van der Waals surface area contributed by atoms with Crippen molar-refractivity contribution in [2.45, 2.75) is 50.1 Å². The molecule has 108 valence electrons. The van der Waals surface area contributed by atoms with Crippen molar-refractivity contribution in [3.63, 3.8) is 0 Å². The van der Waals surface area contributed by atoms with Crippen LogP contribution in [0.1, 0.15) is 32.0 Å². The number of piperidine rings is 1. The Bertz CT molecular complexity index is 533. The van der Waals surface area contributed by atoms with Crippen LogP contribution in [0, 0.1) is 6.92 Å². The third-order valence-corrected chi connectivity index (χ3v) is 5.61. The van der Waals surface area contributed by atoms with Crippen molar-refractivity contribution in [3.8, 4) is 0 Å². The van der Waals surface area contributed by atoms with Crippen LogP contribution < -0.4 is 0 Å². The number of hydrogen-bond donors (Lipinski definition) is 0. The summed E-state index contributed by atoms with van der Waals surface area (Å²) in [6.45, 7) is 5.64. The molecule has 0 radical (unpaired) electrons. The number of imidazole rings is 1. The van der Waals surface area contributed by atoms with E-state index in [0.29, 0.717) is 25.9 Å². The predicted octanol–water partition coefficient (Wildman–Crippen LogP) is 1.99. The number of sulfonamides is 1. The third-order valence-electron chi connectivity index (χ3n) is 3.41. The van der Waals surface area contributed by atoms with Crippen LogP contribution in [0.2, 0.25) is 0 Å². The van der Waals surface area contributed by atoms with Gasteiger partial charge in [0.1, 0.15) is 5.82 Å². The van der Waals surface area contributed by atoms with Crippen molar-refractivity contribution in [1.29, 1.82) is 0 Å².